The maximum absolute atomic E-state index is 12.1. The number of hydrogen-bond acceptors (Lipinski definition) is 6. The standard InChI is InChI=1S/C13H14N4O3S2/c1-9(21-13-15-6-3-7-16-13)12(18)17-10-4-2-5-11(8-10)22(14,19)20/h2-9H,1H3,(H,17,18)(H2,14,19,20). The van der Waals surface area contributed by atoms with Crippen molar-refractivity contribution in [1.82, 2.24) is 9.97 Å². The Kier molecular flexibility index (Phi) is 5.11. The van der Waals surface area contributed by atoms with Gasteiger partial charge in [-0.3, -0.25) is 4.79 Å². The van der Waals surface area contributed by atoms with Gasteiger partial charge in [0.15, 0.2) is 5.16 Å². The van der Waals surface area contributed by atoms with Crippen molar-refractivity contribution < 1.29 is 13.2 Å². The van der Waals surface area contributed by atoms with Crippen LogP contribution in [-0.4, -0.2) is 29.5 Å². The van der Waals surface area contributed by atoms with E-state index in [9.17, 15) is 13.2 Å². The van der Waals surface area contributed by atoms with Crippen LogP contribution in [0, 0.1) is 0 Å². The topological polar surface area (TPSA) is 115 Å². The monoisotopic (exact) mass is 338 g/mol. The molecule has 3 N–H and O–H groups in total. The second-order valence-corrected chi connectivity index (χ2v) is 7.22. The molecule has 2 aromatic rings. The van der Waals surface area contributed by atoms with Crippen molar-refractivity contribution in [1.29, 1.82) is 0 Å². The molecular weight excluding hydrogens is 324 g/mol. The zero-order chi connectivity index (χ0) is 16.2. The first-order chi connectivity index (χ1) is 10.4. The summed E-state index contributed by atoms with van der Waals surface area (Å²) < 4.78 is 22.6. The summed E-state index contributed by atoms with van der Waals surface area (Å²) in [4.78, 5) is 20.1. The number of primary sulfonamides is 1. The van der Waals surface area contributed by atoms with Crippen LogP contribution in [0.3, 0.4) is 0 Å². The number of rotatable bonds is 5. The lowest BCUT2D eigenvalue weighted by molar-refractivity contribution is -0.115. The molecule has 1 heterocycles. The molecule has 0 aliphatic rings. The minimum Gasteiger partial charge on any atom is -0.325 e. The number of anilines is 1. The highest BCUT2D eigenvalue weighted by molar-refractivity contribution is 8.00. The Morgan fingerprint density at radius 3 is 2.59 bits per heavy atom. The highest BCUT2D eigenvalue weighted by atomic mass is 32.2. The van der Waals surface area contributed by atoms with Gasteiger partial charge in [-0.2, -0.15) is 0 Å². The Morgan fingerprint density at radius 2 is 1.95 bits per heavy atom. The van der Waals surface area contributed by atoms with Crippen LogP contribution < -0.4 is 10.5 Å². The molecule has 22 heavy (non-hydrogen) atoms. The van der Waals surface area contributed by atoms with Crippen molar-refractivity contribution in [2.24, 2.45) is 5.14 Å². The van der Waals surface area contributed by atoms with Gasteiger partial charge in [-0.15, -0.1) is 0 Å². The number of aromatic nitrogens is 2. The molecule has 1 amide bonds. The third-order valence-electron chi connectivity index (χ3n) is 2.62. The van der Waals surface area contributed by atoms with Gasteiger partial charge >= 0.3 is 0 Å². The Bertz CT molecular complexity index is 766. The summed E-state index contributed by atoms with van der Waals surface area (Å²) in [5.74, 6) is -0.288. The summed E-state index contributed by atoms with van der Waals surface area (Å²) >= 11 is 1.20. The second kappa shape index (κ2) is 6.86. The Morgan fingerprint density at radius 1 is 1.27 bits per heavy atom. The van der Waals surface area contributed by atoms with Gasteiger partial charge in [0.2, 0.25) is 15.9 Å². The van der Waals surface area contributed by atoms with E-state index in [-0.39, 0.29) is 10.8 Å². The van der Waals surface area contributed by atoms with E-state index in [0.717, 1.165) is 0 Å². The Hall–Kier alpha value is -1.97. The highest BCUT2D eigenvalue weighted by Gasteiger charge is 2.16. The van der Waals surface area contributed by atoms with Crippen LogP contribution in [0.15, 0.2) is 52.8 Å². The van der Waals surface area contributed by atoms with Gasteiger partial charge in [0.05, 0.1) is 10.1 Å². The maximum Gasteiger partial charge on any atom is 0.238 e. The highest BCUT2D eigenvalue weighted by Crippen LogP contribution is 2.20. The number of nitrogens with two attached hydrogens (primary N) is 1. The molecule has 0 spiro atoms. The molecule has 9 heteroatoms. The second-order valence-electron chi connectivity index (χ2n) is 4.35. The molecule has 0 saturated heterocycles. The zero-order valence-corrected chi connectivity index (χ0v) is 13.3. The number of sulfonamides is 1. The van der Waals surface area contributed by atoms with E-state index in [4.69, 9.17) is 5.14 Å². The normalized spacial score (nSPS) is 12.6. The predicted molar refractivity (Wildman–Crippen MR) is 83.8 cm³/mol. The first kappa shape index (κ1) is 16.4. The summed E-state index contributed by atoms with van der Waals surface area (Å²) in [5.41, 5.74) is 0.359. The van der Waals surface area contributed by atoms with Crippen molar-refractivity contribution in [3.63, 3.8) is 0 Å². The number of nitrogens with one attached hydrogen (secondary N) is 1. The third kappa shape index (κ3) is 4.52. The number of carbonyl (C=O) groups excluding carboxylic acids is 1. The molecule has 1 unspecified atom stereocenters. The fourth-order valence-electron chi connectivity index (χ4n) is 1.55. The van der Waals surface area contributed by atoms with E-state index in [2.05, 4.69) is 15.3 Å². The Labute approximate surface area is 132 Å². The lowest BCUT2D eigenvalue weighted by atomic mass is 10.3. The molecular formula is C13H14N4O3S2. The van der Waals surface area contributed by atoms with Crippen molar-refractivity contribution >= 4 is 33.4 Å². The number of thioether (sulfide) groups is 1. The minimum atomic E-state index is -3.81. The van der Waals surface area contributed by atoms with E-state index >= 15 is 0 Å². The summed E-state index contributed by atoms with van der Waals surface area (Å²) in [5, 5.41) is 7.74. The van der Waals surface area contributed by atoms with Crippen molar-refractivity contribution in [2.45, 2.75) is 22.2 Å². The lowest BCUT2D eigenvalue weighted by Crippen LogP contribution is -2.23. The number of hydrogen-bond donors (Lipinski definition) is 2. The minimum absolute atomic E-state index is 0.0583. The fraction of sp³-hybridized carbons (Fsp3) is 0.154. The molecule has 2 rings (SSSR count). The van der Waals surface area contributed by atoms with Gasteiger partial charge in [0.1, 0.15) is 0 Å². The molecule has 1 aromatic heterocycles. The van der Waals surface area contributed by atoms with Gasteiger partial charge in [0.25, 0.3) is 0 Å². The molecule has 1 atom stereocenters. The number of benzene rings is 1. The molecule has 0 radical (unpaired) electrons. The Balaban J connectivity index is 2.06. The van der Waals surface area contributed by atoms with E-state index in [1.54, 1.807) is 31.5 Å². The summed E-state index contributed by atoms with van der Waals surface area (Å²) in [6.45, 7) is 1.71. The molecule has 0 fully saturated rings. The van der Waals surface area contributed by atoms with E-state index in [1.807, 2.05) is 0 Å². The SMILES string of the molecule is CC(Sc1ncccn1)C(=O)Nc1cccc(S(N)(=O)=O)c1. The summed E-state index contributed by atoms with van der Waals surface area (Å²) in [6, 6.07) is 7.45. The molecule has 1 aromatic carbocycles. The smallest absolute Gasteiger partial charge is 0.238 e. The molecule has 0 aliphatic carbocycles. The quantitative estimate of drug-likeness (QED) is 0.626. The van der Waals surface area contributed by atoms with E-state index in [0.29, 0.717) is 10.8 Å². The summed E-state index contributed by atoms with van der Waals surface area (Å²) in [6.07, 6.45) is 3.19. The van der Waals surface area contributed by atoms with Gasteiger partial charge in [-0.05, 0) is 31.2 Å². The molecule has 0 bridgehead atoms. The van der Waals surface area contributed by atoms with Crippen LogP contribution in [0.5, 0.6) is 0 Å². The first-order valence-electron chi connectivity index (χ1n) is 6.23. The fourth-order valence-corrected chi connectivity index (χ4v) is 2.84. The van der Waals surface area contributed by atoms with Crippen LogP contribution in [-0.2, 0) is 14.8 Å². The average Bonchev–Trinajstić information content (AvgIpc) is 2.47. The zero-order valence-electron chi connectivity index (χ0n) is 11.6. The van der Waals surface area contributed by atoms with Crippen LogP contribution >= 0.6 is 11.8 Å². The van der Waals surface area contributed by atoms with Crippen LogP contribution in [0.2, 0.25) is 0 Å². The van der Waals surface area contributed by atoms with Gasteiger partial charge in [0, 0.05) is 18.1 Å². The maximum atomic E-state index is 12.1. The van der Waals surface area contributed by atoms with E-state index in [1.165, 1.54) is 30.0 Å². The van der Waals surface area contributed by atoms with Crippen LogP contribution in [0.1, 0.15) is 6.92 Å². The first-order valence-corrected chi connectivity index (χ1v) is 8.66. The number of nitrogens with zero attached hydrogens (tertiary/aromatic N) is 2. The molecule has 0 aliphatic heterocycles. The summed E-state index contributed by atoms with van der Waals surface area (Å²) in [7, 11) is -3.81. The molecule has 7 nitrogen and oxygen atoms in total. The van der Waals surface area contributed by atoms with Gasteiger partial charge < -0.3 is 5.32 Å². The van der Waals surface area contributed by atoms with Gasteiger partial charge in [-0.25, -0.2) is 23.5 Å². The van der Waals surface area contributed by atoms with Crippen molar-refractivity contribution in [2.75, 3.05) is 5.32 Å². The number of amides is 1. The third-order valence-corrected chi connectivity index (χ3v) is 4.52. The largest absolute Gasteiger partial charge is 0.325 e. The van der Waals surface area contributed by atoms with Crippen LogP contribution in [0.25, 0.3) is 0 Å². The van der Waals surface area contributed by atoms with Gasteiger partial charge in [-0.1, -0.05) is 17.8 Å². The lowest BCUT2D eigenvalue weighted by Gasteiger charge is -2.11. The van der Waals surface area contributed by atoms with Crippen molar-refractivity contribution in [3.8, 4) is 0 Å². The molecule has 0 saturated carbocycles. The predicted octanol–water partition coefficient (Wildman–Crippen LogP) is 1.24. The number of carbonyl (C=O) groups is 1. The van der Waals surface area contributed by atoms with Crippen LogP contribution in [0.4, 0.5) is 5.69 Å². The molecule has 116 valence electrons. The average molecular weight is 338 g/mol. The van der Waals surface area contributed by atoms with Crippen molar-refractivity contribution in [3.05, 3.63) is 42.7 Å². The van der Waals surface area contributed by atoms with E-state index < -0.39 is 15.3 Å².